The van der Waals surface area contributed by atoms with Crippen LogP contribution < -0.4 is 10.1 Å². The monoisotopic (exact) mass is 425 g/mol. The Hall–Kier alpha value is -3.13. The Bertz CT molecular complexity index is 1180. The zero-order valence-electron chi connectivity index (χ0n) is 16.8. The molecular weight excluding hydrogens is 402 g/mol. The lowest BCUT2D eigenvalue weighted by molar-refractivity contribution is 0.102. The third-order valence-corrected chi connectivity index (χ3v) is 6.95. The molecule has 0 radical (unpaired) electrons. The van der Waals surface area contributed by atoms with Crippen LogP contribution in [0.25, 0.3) is 11.3 Å². The summed E-state index contributed by atoms with van der Waals surface area (Å²) in [6.07, 6.45) is 0.486. The van der Waals surface area contributed by atoms with Crippen LogP contribution in [0, 0.1) is 6.92 Å². The molecule has 0 unspecified atom stereocenters. The fraction of sp³-hybridized carbons (Fsp3) is 0.273. The minimum Gasteiger partial charge on any atom is -0.497 e. The van der Waals surface area contributed by atoms with Gasteiger partial charge in [-0.1, -0.05) is 35.9 Å². The van der Waals surface area contributed by atoms with Gasteiger partial charge in [-0.3, -0.25) is 9.48 Å². The van der Waals surface area contributed by atoms with Crippen molar-refractivity contribution < 1.29 is 17.9 Å². The fourth-order valence-electron chi connectivity index (χ4n) is 3.59. The molecule has 0 bridgehead atoms. The first-order valence-corrected chi connectivity index (χ1v) is 11.5. The SMILES string of the molecule is COc1cccc(NC(=O)c2cc(-c3ccc(C)cc3)n([C@@H]3CCS(=O)(=O)C3)n2)c1. The number of carbonyl (C=O) groups is 1. The second-order valence-electron chi connectivity index (χ2n) is 7.47. The van der Waals surface area contributed by atoms with Crippen molar-refractivity contribution in [3.63, 3.8) is 0 Å². The molecule has 1 aliphatic heterocycles. The van der Waals surface area contributed by atoms with Gasteiger partial charge in [0.05, 0.1) is 30.4 Å². The standard InChI is InChI=1S/C22H23N3O4S/c1-15-6-8-16(9-7-15)21-13-20(24-25(21)18-10-11-30(27,28)14-18)22(26)23-17-4-3-5-19(12-17)29-2/h3-9,12-13,18H,10-11,14H2,1-2H3,(H,23,26)/t18-/m1/s1. The topological polar surface area (TPSA) is 90.3 Å². The number of hydrogen-bond acceptors (Lipinski definition) is 5. The summed E-state index contributed by atoms with van der Waals surface area (Å²) in [7, 11) is -1.53. The molecule has 0 aliphatic carbocycles. The number of sulfone groups is 1. The quantitative estimate of drug-likeness (QED) is 0.676. The second kappa shape index (κ2) is 7.95. The number of benzene rings is 2. The second-order valence-corrected chi connectivity index (χ2v) is 9.70. The molecule has 1 saturated heterocycles. The molecular formula is C22H23N3O4S. The lowest BCUT2D eigenvalue weighted by atomic mass is 10.1. The predicted molar refractivity (Wildman–Crippen MR) is 116 cm³/mol. The Morgan fingerprint density at radius 2 is 1.93 bits per heavy atom. The van der Waals surface area contributed by atoms with Crippen molar-refractivity contribution in [2.24, 2.45) is 0 Å². The summed E-state index contributed by atoms with van der Waals surface area (Å²) in [4.78, 5) is 12.9. The Labute approximate surface area is 175 Å². The van der Waals surface area contributed by atoms with Crippen LogP contribution in [0.3, 0.4) is 0 Å². The fourth-order valence-corrected chi connectivity index (χ4v) is 5.28. The van der Waals surface area contributed by atoms with Gasteiger partial charge in [0.2, 0.25) is 0 Å². The van der Waals surface area contributed by atoms with E-state index in [0.29, 0.717) is 17.9 Å². The molecule has 2 heterocycles. The number of amides is 1. The highest BCUT2D eigenvalue weighted by molar-refractivity contribution is 7.91. The largest absolute Gasteiger partial charge is 0.497 e. The highest BCUT2D eigenvalue weighted by atomic mass is 32.2. The van der Waals surface area contributed by atoms with E-state index in [1.165, 1.54) is 0 Å². The number of aromatic nitrogens is 2. The number of anilines is 1. The normalized spacial score (nSPS) is 17.6. The van der Waals surface area contributed by atoms with E-state index in [2.05, 4.69) is 10.4 Å². The zero-order valence-corrected chi connectivity index (χ0v) is 17.6. The molecule has 1 aromatic heterocycles. The van der Waals surface area contributed by atoms with Crippen molar-refractivity contribution in [2.75, 3.05) is 23.9 Å². The number of nitrogens with zero attached hydrogens (tertiary/aromatic N) is 2. The van der Waals surface area contributed by atoms with Gasteiger partial charge in [0.1, 0.15) is 5.75 Å². The van der Waals surface area contributed by atoms with E-state index in [4.69, 9.17) is 4.74 Å². The number of hydrogen-bond donors (Lipinski definition) is 1. The van der Waals surface area contributed by atoms with Gasteiger partial charge in [-0.2, -0.15) is 5.10 Å². The average Bonchev–Trinajstić information content (AvgIpc) is 3.32. The van der Waals surface area contributed by atoms with Crippen molar-refractivity contribution in [3.05, 3.63) is 65.9 Å². The molecule has 8 heteroatoms. The highest BCUT2D eigenvalue weighted by Gasteiger charge is 2.32. The third kappa shape index (κ3) is 4.23. The number of aryl methyl sites for hydroxylation is 1. The molecule has 4 rings (SSSR count). The van der Waals surface area contributed by atoms with Crippen LogP contribution in [0.2, 0.25) is 0 Å². The number of carbonyl (C=O) groups excluding carboxylic acids is 1. The maximum Gasteiger partial charge on any atom is 0.276 e. The number of rotatable bonds is 5. The Morgan fingerprint density at radius 3 is 2.60 bits per heavy atom. The first kappa shape index (κ1) is 20.2. The van der Waals surface area contributed by atoms with Gasteiger partial charge in [0.15, 0.2) is 15.5 Å². The lowest BCUT2D eigenvalue weighted by Crippen LogP contribution is -2.16. The molecule has 1 amide bonds. The molecule has 1 atom stereocenters. The maximum atomic E-state index is 12.9. The molecule has 1 aliphatic rings. The molecule has 3 aromatic rings. The molecule has 0 saturated carbocycles. The van der Waals surface area contributed by atoms with E-state index in [0.717, 1.165) is 16.8 Å². The average molecular weight is 426 g/mol. The Kier molecular flexibility index (Phi) is 5.34. The summed E-state index contributed by atoms with van der Waals surface area (Å²) in [5.74, 6) is 0.437. The van der Waals surface area contributed by atoms with Gasteiger partial charge in [-0.05, 0) is 37.1 Å². The van der Waals surface area contributed by atoms with Crippen LogP contribution in [0.5, 0.6) is 5.75 Å². The number of ether oxygens (including phenoxy) is 1. The summed E-state index contributed by atoms with van der Waals surface area (Å²) >= 11 is 0. The van der Waals surface area contributed by atoms with Crippen LogP contribution in [0.15, 0.2) is 54.6 Å². The first-order valence-electron chi connectivity index (χ1n) is 9.67. The van der Waals surface area contributed by atoms with Gasteiger partial charge in [-0.25, -0.2) is 8.42 Å². The van der Waals surface area contributed by atoms with Crippen molar-refractivity contribution in [1.82, 2.24) is 9.78 Å². The van der Waals surface area contributed by atoms with Crippen molar-refractivity contribution in [3.8, 4) is 17.0 Å². The molecule has 7 nitrogen and oxygen atoms in total. The van der Waals surface area contributed by atoms with Crippen molar-refractivity contribution in [1.29, 1.82) is 0 Å². The van der Waals surface area contributed by atoms with Gasteiger partial charge < -0.3 is 10.1 Å². The molecule has 0 spiro atoms. The summed E-state index contributed by atoms with van der Waals surface area (Å²) < 4.78 is 30.9. The summed E-state index contributed by atoms with van der Waals surface area (Å²) in [6.45, 7) is 2.00. The van der Waals surface area contributed by atoms with Crippen LogP contribution in [0.4, 0.5) is 5.69 Å². The summed E-state index contributed by atoms with van der Waals surface area (Å²) in [5.41, 5.74) is 3.56. The van der Waals surface area contributed by atoms with Gasteiger partial charge >= 0.3 is 0 Å². The van der Waals surface area contributed by atoms with Gasteiger partial charge in [-0.15, -0.1) is 0 Å². The van der Waals surface area contributed by atoms with Crippen LogP contribution >= 0.6 is 0 Å². The number of methoxy groups -OCH3 is 1. The summed E-state index contributed by atoms with van der Waals surface area (Å²) in [5, 5.41) is 7.33. The van der Waals surface area contributed by atoms with Crippen molar-refractivity contribution >= 4 is 21.4 Å². The van der Waals surface area contributed by atoms with Gasteiger partial charge in [0.25, 0.3) is 5.91 Å². The van der Waals surface area contributed by atoms with E-state index in [-0.39, 0.29) is 29.1 Å². The van der Waals surface area contributed by atoms with Crippen LogP contribution in [-0.2, 0) is 9.84 Å². The van der Waals surface area contributed by atoms with E-state index >= 15 is 0 Å². The predicted octanol–water partition coefficient (Wildman–Crippen LogP) is 3.48. The van der Waals surface area contributed by atoms with Crippen LogP contribution in [0.1, 0.15) is 28.5 Å². The Balaban J connectivity index is 1.69. The minimum absolute atomic E-state index is 0.0322. The van der Waals surface area contributed by atoms with Gasteiger partial charge in [0, 0.05) is 11.8 Å². The van der Waals surface area contributed by atoms with E-state index in [1.54, 1.807) is 42.1 Å². The van der Waals surface area contributed by atoms with E-state index in [9.17, 15) is 13.2 Å². The lowest BCUT2D eigenvalue weighted by Gasteiger charge is -2.13. The van der Waals surface area contributed by atoms with E-state index < -0.39 is 9.84 Å². The summed E-state index contributed by atoms with van der Waals surface area (Å²) in [6, 6.07) is 16.4. The molecule has 30 heavy (non-hydrogen) atoms. The van der Waals surface area contributed by atoms with Crippen LogP contribution in [-0.4, -0.2) is 42.7 Å². The third-order valence-electron chi connectivity index (χ3n) is 5.20. The molecule has 156 valence electrons. The Morgan fingerprint density at radius 1 is 1.17 bits per heavy atom. The molecule has 1 fully saturated rings. The van der Waals surface area contributed by atoms with E-state index in [1.807, 2.05) is 31.2 Å². The number of nitrogens with one attached hydrogen (secondary N) is 1. The molecule has 2 aromatic carbocycles. The van der Waals surface area contributed by atoms with Crippen molar-refractivity contribution in [2.45, 2.75) is 19.4 Å². The first-order chi connectivity index (χ1) is 14.3. The minimum atomic E-state index is -3.09. The zero-order chi connectivity index (χ0) is 21.3. The maximum absolute atomic E-state index is 12.9. The highest BCUT2D eigenvalue weighted by Crippen LogP contribution is 2.30. The smallest absolute Gasteiger partial charge is 0.276 e. The molecule has 1 N–H and O–H groups in total.